The molecule has 10 nitrogen and oxygen atoms in total. The number of amides is 3. The number of anilines is 2. The van der Waals surface area contributed by atoms with Crippen LogP contribution < -0.4 is 21.3 Å². The number of para-hydroxylation sites is 1. The first-order chi connectivity index (χ1) is 23.9. The van der Waals surface area contributed by atoms with E-state index in [1.165, 1.54) is 43.0 Å². The second-order valence-corrected chi connectivity index (χ2v) is 13.4. The lowest BCUT2D eigenvalue weighted by atomic mass is 9.85. The van der Waals surface area contributed by atoms with Gasteiger partial charge in [0.05, 0.1) is 11.9 Å². The number of nitrogens with zero attached hydrogens (tertiary/aromatic N) is 4. The molecule has 2 aliphatic rings. The van der Waals surface area contributed by atoms with Gasteiger partial charge >= 0.3 is 0 Å². The second-order valence-electron chi connectivity index (χ2n) is 13.0. The maximum Gasteiger partial charge on any atom is 0.256 e. The van der Waals surface area contributed by atoms with Gasteiger partial charge in [-0.3, -0.25) is 14.4 Å². The number of nitrogens with one attached hydrogen (secondary N) is 2. The molecule has 1 atom stereocenters. The number of aromatic nitrogens is 2. The first-order valence-electron chi connectivity index (χ1n) is 17.2. The number of hydrogen-bond acceptors (Lipinski definition) is 6. The van der Waals surface area contributed by atoms with Crippen molar-refractivity contribution in [3.05, 3.63) is 107 Å². The summed E-state index contributed by atoms with van der Waals surface area (Å²) in [7, 11) is 0. The highest BCUT2D eigenvalue weighted by Gasteiger charge is 2.30. The van der Waals surface area contributed by atoms with E-state index in [2.05, 4.69) is 20.6 Å². The first-order valence-corrected chi connectivity index (χ1v) is 17.6. The van der Waals surface area contributed by atoms with Crippen LogP contribution in [0.1, 0.15) is 71.2 Å². The average molecular weight is 682 g/mol. The van der Waals surface area contributed by atoms with Gasteiger partial charge in [-0.25, -0.2) is 4.68 Å². The Kier molecular flexibility index (Phi) is 11.1. The van der Waals surface area contributed by atoms with Gasteiger partial charge in [-0.2, -0.15) is 5.10 Å². The van der Waals surface area contributed by atoms with Crippen LogP contribution in [0.4, 0.5) is 11.5 Å². The van der Waals surface area contributed by atoms with Gasteiger partial charge in [0.25, 0.3) is 11.8 Å². The summed E-state index contributed by atoms with van der Waals surface area (Å²) >= 11 is 6.07. The fourth-order valence-electron chi connectivity index (χ4n) is 6.79. The van der Waals surface area contributed by atoms with Crippen LogP contribution in [0.5, 0.6) is 0 Å². The normalized spacial score (nSPS) is 15.9. The molecule has 3 amide bonds. The molecular weight excluding hydrogens is 638 g/mol. The quantitative estimate of drug-likeness (QED) is 0.183. The van der Waals surface area contributed by atoms with Gasteiger partial charge in [0.2, 0.25) is 5.91 Å². The van der Waals surface area contributed by atoms with Gasteiger partial charge in [0, 0.05) is 49.0 Å². The van der Waals surface area contributed by atoms with Crippen molar-refractivity contribution in [1.29, 1.82) is 0 Å². The van der Waals surface area contributed by atoms with Crippen molar-refractivity contribution in [3.8, 4) is 5.69 Å². The molecule has 1 aliphatic carbocycles. The van der Waals surface area contributed by atoms with E-state index in [1.54, 1.807) is 24.3 Å². The zero-order valence-electron chi connectivity index (χ0n) is 27.7. The highest BCUT2D eigenvalue weighted by atomic mass is 35.5. The van der Waals surface area contributed by atoms with Gasteiger partial charge in [0.15, 0.2) is 0 Å². The summed E-state index contributed by atoms with van der Waals surface area (Å²) < 4.78 is 1.52. The van der Waals surface area contributed by atoms with E-state index in [9.17, 15) is 14.4 Å². The number of nitrogen functional groups attached to an aromatic ring is 1. The van der Waals surface area contributed by atoms with Crippen LogP contribution in [-0.4, -0.2) is 64.6 Å². The summed E-state index contributed by atoms with van der Waals surface area (Å²) in [6.45, 7) is 2.88. The van der Waals surface area contributed by atoms with Crippen molar-refractivity contribution >= 4 is 40.8 Å². The van der Waals surface area contributed by atoms with Gasteiger partial charge in [-0.05, 0) is 72.9 Å². The third-order valence-electron chi connectivity index (χ3n) is 9.70. The predicted octanol–water partition coefficient (Wildman–Crippen LogP) is 5.85. The molecule has 4 aromatic rings. The number of carbonyl (C=O) groups excluding carboxylic acids is 3. The Balaban J connectivity index is 1.05. The minimum atomic E-state index is -0.585. The van der Waals surface area contributed by atoms with Crippen molar-refractivity contribution in [3.63, 3.8) is 0 Å². The van der Waals surface area contributed by atoms with Gasteiger partial charge in [-0.1, -0.05) is 74.0 Å². The monoisotopic (exact) mass is 681 g/mol. The van der Waals surface area contributed by atoms with E-state index in [1.807, 2.05) is 59.5 Å². The largest absolute Gasteiger partial charge is 0.383 e. The molecule has 256 valence electrons. The number of nitrogens with two attached hydrogens (primary N) is 1. The van der Waals surface area contributed by atoms with Crippen LogP contribution in [0.2, 0.25) is 5.02 Å². The molecule has 3 aromatic carbocycles. The molecule has 2 heterocycles. The minimum absolute atomic E-state index is 0.0193. The number of carbonyl (C=O) groups is 3. The smallest absolute Gasteiger partial charge is 0.256 e. The summed E-state index contributed by atoms with van der Waals surface area (Å²) in [5, 5.41) is 10.9. The number of halogens is 1. The molecule has 1 saturated carbocycles. The average Bonchev–Trinajstić information content (AvgIpc) is 3.54. The molecule has 11 heteroatoms. The van der Waals surface area contributed by atoms with Gasteiger partial charge in [-0.15, -0.1) is 0 Å². The molecule has 6 rings (SSSR count). The van der Waals surface area contributed by atoms with Crippen molar-refractivity contribution in [2.45, 2.75) is 57.5 Å². The van der Waals surface area contributed by atoms with E-state index in [0.29, 0.717) is 36.0 Å². The Morgan fingerprint density at radius 3 is 2.22 bits per heavy atom. The number of piperazine rings is 1. The van der Waals surface area contributed by atoms with Crippen LogP contribution in [0.15, 0.2) is 85.1 Å². The van der Waals surface area contributed by atoms with Crippen molar-refractivity contribution in [2.24, 2.45) is 5.92 Å². The summed E-state index contributed by atoms with van der Waals surface area (Å²) in [6.07, 6.45) is 9.13. The second kappa shape index (κ2) is 16.0. The molecule has 49 heavy (non-hydrogen) atoms. The van der Waals surface area contributed by atoms with E-state index >= 15 is 0 Å². The molecule has 2 fully saturated rings. The summed E-state index contributed by atoms with van der Waals surface area (Å²) in [4.78, 5) is 44.4. The van der Waals surface area contributed by atoms with E-state index in [4.69, 9.17) is 17.3 Å². The van der Waals surface area contributed by atoms with Gasteiger partial charge < -0.3 is 26.2 Å². The highest BCUT2D eigenvalue weighted by molar-refractivity contribution is 6.30. The molecule has 1 saturated heterocycles. The lowest BCUT2D eigenvalue weighted by Gasteiger charge is -2.38. The van der Waals surface area contributed by atoms with Crippen LogP contribution in [0.25, 0.3) is 5.69 Å². The van der Waals surface area contributed by atoms with Crippen LogP contribution in [0, 0.1) is 5.92 Å². The third kappa shape index (κ3) is 8.61. The molecule has 0 bridgehead atoms. The van der Waals surface area contributed by atoms with Crippen molar-refractivity contribution in [2.75, 3.05) is 36.8 Å². The first kappa shape index (κ1) is 34.0. The van der Waals surface area contributed by atoms with Crippen LogP contribution in [-0.2, 0) is 11.3 Å². The van der Waals surface area contributed by atoms with Crippen LogP contribution >= 0.6 is 11.6 Å². The molecule has 0 spiro atoms. The van der Waals surface area contributed by atoms with Gasteiger partial charge in [0.1, 0.15) is 17.4 Å². The molecular formula is C38H44ClN7O3. The Hall–Kier alpha value is -4.83. The molecule has 0 unspecified atom stereocenters. The summed E-state index contributed by atoms with van der Waals surface area (Å²) in [5.74, 6) is 0.217. The lowest BCUT2D eigenvalue weighted by molar-refractivity contribution is -0.133. The number of rotatable bonds is 11. The Morgan fingerprint density at radius 1 is 0.837 bits per heavy atom. The van der Waals surface area contributed by atoms with Crippen LogP contribution in [0.3, 0.4) is 0 Å². The van der Waals surface area contributed by atoms with E-state index in [0.717, 1.165) is 36.4 Å². The minimum Gasteiger partial charge on any atom is -0.383 e. The number of benzene rings is 3. The maximum atomic E-state index is 13.9. The van der Waals surface area contributed by atoms with E-state index in [-0.39, 0.29) is 35.6 Å². The Labute approximate surface area is 292 Å². The molecule has 1 aromatic heterocycles. The summed E-state index contributed by atoms with van der Waals surface area (Å²) in [6, 6.07) is 23.6. The predicted molar refractivity (Wildman–Crippen MR) is 193 cm³/mol. The van der Waals surface area contributed by atoms with Crippen molar-refractivity contribution in [1.82, 2.24) is 25.3 Å². The Bertz CT molecular complexity index is 1710. The maximum absolute atomic E-state index is 13.9. The fourth-order valence-corrected chi connectivity index (χ4v) is 6.92. The lowest BCUT2D eigenvalue weighted by Crippen LogP contribution is -2.55. The standard InChI is InChI=1S/C38H44ClN7O3/c39-30-16-18-31(19-17-30)44-21-23-45(24-22-44)38(49)34(20-13-27-7-3-1-4-8-27)43-36(47)29-14-11-28(12-15-29)25-41-37(48)33-26-42-46(35(33)40)32-9-5-2-6-10-32/h2,5-6,9-12,14-19,26-27,34H,1,3-4,7-8,13,20-25,40H2,(H,41,48)(H,43,47)/t34-/m0/s1. The van der Waals surface area contributed by atoms with Crippen molar-refractivity contribution < 1.29 is 14.4 Å². The zero-order valence-corrected chi connectivity index (χ0v) is 28.4. The molecule has 1 aliphatic heterocycles. The third-order valence-corrected chi connectivity index (χ3v) is 9.95. The number of hydrogen-bond donors (Lipinski definition) is 3. The summed E-state index contributed by atoms with van der Waals surface area (Å²) in [5.41, 5.74) is 9.65. The van der Waals surface area contributed by atoms with E-state index < -0.39 is 6.04 Å². The Morgan fingerprint density at radius 2 is 1.53 bits per heavy atom. The topological polar surface area (TPSA) is 126 Å². The fraction of sp³-hybridized carbons (Fsp3) is 0.368. The molecule has 4 N–H and O–H groups in total. The SMILES string of the molecule is Nc1c(C(=O)NCc2ccc(C(=O)N[C@@H](CCC3CCCCC3)C(=O)N3CCN(c4ccc(Cl)cc4)CC3)cc2)cnn1-c1ccccc1. The highest BCUT2D eigenvalue weighted by Crippen LogP contribution is 2.28. The zero-order chi connectivity index (χ0) is 34.2. The molecule has 0 radical (unpaired) electrons.